The van der Waals surface area contributed by atoms with Gasteiger partial charge in [0.05, 0.1) is 0 Å². The van der Waals surface area contributed by atoms with Gasteiger partial charge in [0, 0.05) is 12.6 Å². The van der Waals surface area contributed by atoms with Gasteiger partial charge in [0.2, 0.25) is 0 Å². The van der Waals surface area contributed by atoms with E-state index in [1.54, 1.807) is 0 Å². The molecule has 2 fully saturated rings. The molecule has 0 aromatic heterocycles. The molecule has 120 valence electrons. The summed E-state index contributed by atoms with van der Waals surface area (Å²) in [6, 6.07) is 0.111. The zero-order valence-corrected chi connectivity index (χ0v) is 13.5. The summed E-state index contributed by atoms with van der Waals surface area (Å²) in [5, 5.41) is 5.58. The SMILES string of the molecule is CC(NC(=O)C(=O)NCCCN(C)C)C1CC2CCC1C2. The molecule has 4 atom stereocenters. The second-order valence-corrected chi connectivity index (χ2v) is 7.01. The Morgan fingerprint density at radius 3 is 2.52 bits per heavy atom. The first kappa shape index (κ1) is 16.3. The Bertz CT molecular complexity index is 384. The molecule has 2 N–H and O–H groups in total. The van der Waals surface area contributed by atoms with Crippen LogP contribution >= 0.6 is 0 Å². The molecule has 21 heavy (non-hydrogen) atoms. The van der Waals surface area contributed by atoms with Crippen molar-refractivity contribution in [2.24, 2.45) is 17.8 Å². The fourth-order valence-electron chi connectivity index (χ4n) is 3.96. The Hall–Kier alpha value is -1.10. The molecule has 2 bridgehead atoms. The molecule has 0 aromatic rings. The van der Waals surface area contributed by atoms with Crippen LogP contribution in [0.4, 0.5) is 0 Å². The van der Waals surface area contributed by atoms with E-state index >= 15 is 0 Å². The van der Waals surface area contributed by atoms with Crippen LogP contribution < -0.4 is 10.6 Å². The van der Waals surface area contributed by atoms with Crippen LogP contribution in [0.25, 0.3) is 0 Å². The van der Waals surface area contributed by atoms with E-state index < -0.39 is 11.8 Å². The van der Waals surface area contributed by atoms with E-state index in [1.807, 2.05) is 21.0 Å². The number of nitrogens with one attached hydrogen (secondary N) is 2. The van der Waals surface area contributed by atoms with Crippen molar-refractivity contribution in [3.05, 3.63) is 0 Å². The first-order chi connectivity index (χ1) is 9.97. The number of hydrogen-bond donors (Lipinski definition) is 2. The number of hydrogen-bond acceptors (Lipinski definition) is 3. The Balaban J connectivity index is 1.67. The number of amides is 2. The van der Waals surface area contributed by atoms with Crippen LogP contribution in [-0.4, -0.2) is 49.9 Å². The number of rotatable bonds is 6. The van der Waals surface area contributed by atoms with Crippen molar-refractivity contribution in [3.8, 4) is 0 Å². The second-order valence-electron chi connectivity index (χ2n) is 7.01. The van der Waals surface area contributed by atoms with Gasteiger partial charge in [-0.05, 0) is 71.0 Å². The zero-order chi connectivity index (χ0) is 15.4. The summed E-state index contributed by atoms with van der Waals surface area (Å²) in [6.07, 6.45) is 6.05. The molecule has 0 saturated heterocycles. The summed E-state index contributed by atoms with van der Waals surface area (Å²) in [5.74, 6) is 1.21. The van der Waals surface area contributed by atoms with Crippen LogP contribution in [0.2, 0.25) is 0 Å². The van der Waals surface area contributed by atoms with Crippen molar-refractivity contribution >= 4 is 11.8 Å². The van der Waals surface area contributed by atoms with Gasteiger partial charge in [0.25, 0.3) is 0 Å². The third-order valence-electron chi connectivity index (χ3n) is 5.07. The molecule has 0 aliphatic heterocycles. The lowest BCUT2D eigenvalue weighted by atomic mass is 9.84. The monoisotopic (exact) mass is 295 g/mol. The van der Waals surface area contributed by atoms with Gasteiger partial charge in [0.15, 0.2) is 0 Å². The van der Waals surface area contributed by atoms with E-state index in [4.69, 9.17) is 0 Å². The van der Waals surface area contributed by atoms with Gasteiger partial charge in [-0.3, -0.25) is 9.59 Å². The van der Waals surface area contributed by atoms with E-state index in [-0.39, 0.29) is 6.04 Å². The van der Waals surface area contributed by atoms with Crippen LogP contribution in [0.5, 0.6) is 0 Å². The van der Waals surface area contributed by atoms with E-state index in [0.717, 1.165) is 24.8 Å². The van der Waals surface area contributed by atoms with Gasteiger partial charge in [-0.25, -0.2) is 0 Å². The first-order valence-corrected chi connectivity index (χ1v) is 8.20. The maximum absolute atomic E-state index is 11.9. The van der Waals surface area contributed by atoms with Gasteiger partial charge in [0.1, 0.15) is 0 Å². The highest BCUT2D eigenvalue weighted by atomic mass is 16.2. The standard InChI is InChI=1S/C16H29N3O2/c1-11(14-10-12-5-6-13(14)9-12)18-16(21)15(20)17-7-4-8-19(2)3/h11-14H,4-10H2,1-3H3,(H,17,20)(H,18,21). The van der Waals surface area contributed by atoms with Gasteiger partial charge < -0.3 is 15.5 Å². The van der Waals surface area contributed by atoms with Crippen molar-refractivity contribution in [1.29, 1.82) is 0 Å². The molecule has 2 aliphatic carbocycles. The fourth-order valence-corrected chi connectivity index (χ4v) is 3.96. The lowest BCUT2D eigenvalue weighted by Gasteiger charge is -2.28. The molecular weight excluding hydrogens is 266 g/mol. The highest BCUT2D eigenvalue weighted by Gasteiger charge is 2.42. The molecule has 4 unspecified atom stereocenters. The maximum Gasteiger partial charge on any atom is 0.309 e. The molecular formula is C16H29N3O2. The predicted octanol–water partition coefficient (Wildman–Crippen LogP) is 0.995. The van der Waals surface area contributed by atoms with Gasteiger partial charge >= 0.3 is 11.8 Å². The summed E-state index contributed by atoms with van der Waals surface area (Å²) in [7, 11) is 3.98. The highest BCUT2D eigenvalue weighted by Crippen LogP contribution is 2.49. The molecule has 5 nitrogen and oxygen atoms in total. The zero-order valence-electron chi connectivity index (χ0n) is 13.5. The number of fused-ring (bicyclic) bond motifs is 2. The molecule has 0 spiro atoms. The largest absolute Gasteiger partial charge is 0.348 e. The first-order valence-electron chi connectivity index (χ1n) is 8.20. The average Bonchev–Trinajstić information content (AvgIpc) is 3.05. The molecule has 2 rings (SSSR count). The molecule has 2 amide bonds. The number of carbonyl (C=O) groups excluding carboxylic acids is 2. The fraction of sp³-hybridized carbons (Fsp3) is 0.875. The minimum atomic E-state index is -0.497. The third-order valence-corrected chi connectivity index (χ3v) is 5.07. The smallest absolute Gasteiger partial charge is 0.309 e. The summed E-state index contributed by atoms with van der Waals surface area (Å²) in [4.78, 5) is 25.7. The van der Waals surface area contributed by atoms with E-state index in [0.29, 0.717) is 12.5 Å². The van der Waals surface area contributed by atoms with Crippen LogP contribution in [0, 0.1) is 17.8 Å². The van der Waals surface area contributed by atoms with E-state index in [2.05, 4.69) is 15.5 Å². The maximum atomic E-state index is 11.9. The molecule has 0 radical (unpaired) electrons. The molecule has 0 heterocycles. The summed E-state index contributed by atoms with van der Waals surface area (Å²) in [6.45, 7) is 3.50. The Morgan fingerprint density at radius 2 is 1.95 bits per heavy atom. The van der Waals surface area contributed by atoms with Gasteiger partial charge in [-0.2, -0.15) is 0 Å². The van der Waals surface area contributed by atoms with Crippen molar-refractivity contribution in [1.82, 2.24) is 15.5 Å². The molecule has 2 aliphatic rings. The van der Waals surface area contributed by atoms with Crippen LogP contribution in [0.3, 0.4) is 0 Å². The summed E-state index contributed by atoms with van der Waals surface area (Å²) in [5.41, 5.74) is 0. The van der Waals surface area contributed by atoms with Crippen molar-refractivity contribution in [3.63, 3.8) is 0 Å². The normalized spacial score (nSPS) is 28.7. The number of nitrogens with zero attached hydrogens (tertiary/aromatic N) is 1. The molecule has 5 heteroatoms. The second kappa shape index (κ2) is 7.25. The van der Waals surface area contributed by atoms with Gasteiger partial charge in [-0.15, -0.1) is 0 Å². The Kier molecular flexibility index (Phi) is 5.62. The van der Waals surface area contributed by atoms with Crippen LogP contribution in [-0.2, 0) is 9.59 Å². The quantitative estimate of drug-likeness (QED) is 0.567. The average molecular weight is 295 g/mol. The highest BCUT2D eigenvalue weighted by molar-refractivity contribution is 6.35. The Morgan fingerprint density at radius 1 is 1.19 bits per heavy atom. The Labute approximate surface area is 127 Å². The lowest BCUT2D eigenvalue weighted by Crippen LogP contribution is -2.47. The van der Waals surface area contributed by atoms with Crippen molar-refractivity contribution < 1.29 is 9.59 Å². The van der Waals surface area contributed by atoms with Crippen LogP contribution in [0.15, 0.2) is 0 Å². The summed E-state index contributed by atoms with van der Waals surface area (Å²) < 4.78 is 0. The lowest BCUT2D eigenvalue weighted by molar-refractivity contribution is -0.139. The number of carbonyl (C=O) groups is 2. The minimum Gasteiger partial charge on any atom is -0.348 e. The van der Waals surface area contributed by atoms with Gasteiger partial charge in [-0.1, -0.05) is 6.42 Å². The topological polar surface area (TPSA) is 61.4 Å². The minimum absolute atomic E-state index is 0.111. The molecule has 0 aromatic carbocycles. The van der Waals surface area contributed by atoms with Crippen molar-refractivity contribution in [2.75, 3.05) is 27.2 Å². The summed E-state index contributed by atoms with van der Waals surface area (Å²) >= 11 is 0. The predicted molar refractivity (Wildman–Crippen MR) is 82.7 cm³/mol. The van der Waals surface area contributed by atoms with Crippen molar-refractivity contribution in [2.45, 2.75) is 45.1 Å². The van der Waals surface area contributed by atoms with Crippen LogP contribution in [0.1, 0.15) is 39.0 Å². The van der Waals surface area contributed by atoms with E-state index in [9.17, 15) is 9.59 Å². The third kappa shape index (κ3) is 4.43. The molecule has 2 saturated carbocycles. The van der Waals surface area contributed by atoms with E-state index in [1.165, 1.54) is 25.7 Å².